The van der Waals surface area contributed by atoms with Crippen LogP contribution in [0.15, 0.2) is 71.1 Å². The first kappa shape index (κ1) is 21.4. The number of carbonyl (C=O) groups is 3. The van der Waals surface area contributed by atoms with E-state index in [9.17, 15) is 14.4 Å². The number of benzene rings is 3. The Labute approximate surface area is 194 Å². The van der Waals surface area contributed by atoms with Gasteiger partial charge < -0.3 is 13.9 Å². The maximum absolute atomic E-state index is 12.9. The van der Waals surface area contributed by atoms with Gasteiger partial charge in [0.2, 0.25) is 5.89 Å². The molecule has 1 aliphatic heterocycles. The molecule has 0 spiro atoms. The predicted molar refractivity (Wildman–Crippen MR) is 121 cm³/mol. The fourth-order valence-corrected chi connectivity index (χ4v) is 3.87. The van der Waals surface area contributed by atoms with E-state index in [2.05, 4.69) is 4.98 Å². The van der Waals surface area contributed by atoms with Crippen LogP contribution in [0.5, 0.6) is 5.75 Å². The largest absolute Gasteiger partial charge is 0.493 e. The van der Waals surface area contributed by atoms with Gasteiger partial charge in [-0.15, -0.1) is 0 Å². The number of amides is 2. The summed E-state index contributed by atoms with van der Waals surface area (Å²) in [6, 6.07) is 18.9. The molecule has 170 valence electrons. The topological polar surface area (TPSA) is 98.9 Å². The van der Waals surface area contributed by atoms with E-state index in [-0.39, 0.29) is 36.4 Å². The predicted octanol–water partition coefficient (Wildman–Crippen LogP) is 4.38. The van der Waals surface area contributed by atoms with Crippen LogP contribution >= 0.6 is 0 Å². The number of para-hydroxylation sites is 2. The molecule has 0 aliphatic carbocycles. The molecule has 1 aromatic heterocycles. The van der Waals surface area contributed by atoms with Gasteiger partial charge in [-0.05, 0) is 48.9 Å². The summed E-state index contributed by atoms with van der Waals surface area (Å²) < 4.78 is 16.6. The Morgan fingerprint density at radius 1 is 0.971 bits per heavy atom. The lowest BCUT2D eigenvalue weighted by Crippen LogP contribution is -2.29. The molecule has 0 unspecified atom stereocenters. The maximum Gasteiger partial charge on any atom is 0.342 e. The zero-order chi connectivity index (χ0) is 23.7. The molecule has 8 nitrogen and oxygen atoms in total. The highest BCUT2D eigenvalue weighted by Gasteiger charge is 2.35. The van der Waals surface area contributed by atoms with E-state index < -0.39 is 5.97 Å². The van der Waals surface area contributed by atoms with Crippen molar-refractivity contribution < 1.29 is 28.3 Å². The van der Waals surface area contributed by atoms with Crippen LogP contribution in [0.3, 0.4) is 0 Å². The third-order valence-electron chi connectivity index (χ3n) is 5.45. The van der Waals surface area contributed by atoms with E-state index in [1.165, 1.54) is 0 Å². The van der Waals surface area contributed by atoms with Crippen LogP contribution in [0.1, 0.15) is 49.5 Å². The van der Waals surface area contributed by atoms with Crippen molar-refractivity contribution in [2.45, 2.75) is 20.1 Å². The van der Waals surface area contributed by atoms with Gasteiger partial charge in [0.15, 0.2) is 12.2 Å². The Hall–Kier alpha value is -4.46. The van der Waals surface area contributed by atoms with Crippen LogP contribution in [0.2, 0.25) is 0 Å². The van der Waals surface area contributed by atoms with Crippen LogP contribution in [-0.2, 0) is 17.9 Å². The van der Waals surface area contributed by atoms with Crippen LogP contribution < -0.4 is 4.74 Å². The monoisotopic (exact) mass is 456 g/mol. The van der Waals surface area contributed by atoms with Crippen molar-refractivity contribution in [3.63, 3.8) is 0 Å². The summed E-state index contributed by atoms with van der Waals surface area (Å²) in [5, 5.41) is 0. The van der Waals surface area contributed by atoms with E-state index in [0.29, 0.717) is 40.1 Å². The highest BCUT2D eigenvalue weighted by atomic mass is 16.5. The second kappa shape index (κ2) is 8.82. The summed E-state index contributed by atoms with van der Waals surface area (Å²) in [4.78, 5) is 43.8. The maximum atomic E-state index is 12.9. The van der Waals surface area contributed by atoms with Crippen LogP contribution in [0.4, 0.5) is 0 Å². The van der Waals surface area contributed by atoms with Gasteiger partial charge in [-0.3, -0.25) is 14.5 Å². The Morgan fingerprint density at radius 2 is 1.68 bits per heavy atom. The van der Waals surface area contributed by atoms with Crippen molar-refractivity contribution in [3.05, 3.63) is 94.9 Å². The molecule has 0 bridgehead atoms. The van der Waals surface area contributed by atoms with E-state index >= 15 is 0 Å². The van der Waals surface area contributed by atoms with E-state index in [1.54, 1.807) is 61.5 Å². The summed E-state index contributed by atoms with van der Waals surface area (Å²) in [6.45, 7) is 2.02. The second-order valence-corrected chi connectivity index (χ2v) is 7.66. The molecule has 2 amide bonds. The summed E-state index contributed by atoms with van der Waals surface area (Å²) >= 11 is 0. The molecule has 2 heterocycles. The molecular formula is C26H20N2O6. The quantitative estimate of drug-likeness (QED) is 0.301. The molecule has 3 aromatic carbocycles. The number of esters is 1. The first-order valence-electron chi connectivity index (χ1n) is 10.8. The Morgan fingerprint density at radius 3 is 2.38 bits per heavy atom. The summed E-state index contributed by atoms with van der Waals surface area (Å²) in [5.41, 5.74) is 2.80. The molecule has 1 aliphatic rings. The Balaban J connectivity index is 1.35. The third-order valence-corrected chi connectivity index (χ3v) is 5.45. The van der Waals surface area contributed by atoms with Gasteiger partial charge in [-0.25, -0.2) is 9.78 Å². The standard InChI is InChI=1S/C26H20N2O6/c1-2-32-21-12-11-16(14-28-24(29)17-7-3-4-8-18(17)25(28)30)13-19(21)26(31)33-15-23-27-20-9-5-6-10-22(20)34-23/h3-13H,2,14-15H2,1H3. The zero-order valence-corrected chi connectivity index (χ0v) is 18.3. The third kappa shape index (κ3) is 3.90. The number of aromatic nitrogens is 1. The van der Waals surface area contributed by atoms with Crippen molar-refractivity contribution in [3.8, 4) is 5.75 Å². The van der Waals surface area contributed by atoms with Gasteiger partial charge in [0.1, 0.15) is 16.8 Å². The van der Waals surface area contributed by atoms with E-state index in [1.807, 2.05) is 12.1 Å². The van der Waals surface area contributed by atoms with Gasteiger partial charge in [0.25, 0.3) is 11.8 Å². The molecule has 0 atom stereocenters. The number of oxazole rings is 1. The number of imide groups is 1. The number of carbonyl (C=O) groups excluding carboxylic acids is 3. The molecule has 4 aromatic rings. The molecule has 0 radical (unpaired) electrons. The fraction of sp³-hybridized carbons (Fsp3) is 0.154. The first-order valence-corrected chi connectivity index (χ1v) is 10.8. The second-order valence-electron chi connectivity index (χ2n) is 7.66. The van der Waals surface area contributed by atoms with Crippen molar-refractivity contribution in [2.75, 3.05) is 6.61 Å². The minimum Gasteiger partial charge on any atom is -0.493 e. The summed E-state index contributed by atoms with van der Waals surface area (Å²) in [7, 11) is 0. The minimum absolute atomic E-state index is 0.0180. The normalized spacial score (nSPS) is 12.8. The van der Waals surface area contributed by atoms with Gasteiger partial charge >= 0.3 is 5.97 Å². The highest BCUT2D eigenvalue weighted by molar-refractivity contribution is 6.21. The van der Waals surface area contributed by atoms with Crippen molar-refractivity contribution in [1.82, 2.24) is 9.88 Å². The molecule has 0 N–H and O–H groups in total. The number of fused-ring (bicyclic) bond motifs is 2. The molecule has 0 fully saturated rings. The molecule has 5 rings (SSSR count). The highest BCUT2D eigenvalue weighted by Crippen LogP contribution is 2.27. The van der Waals surface area contributed by atoms with Crippen molar-refractivity contribution in [1.29, 1.82) is 0 Å². The van der Waals surface area contributed by atoms with E-state index in [4.69, 9.17) is 13.9 Å². The average molecular weight is 456 g/mol. The van der Waals surface area contributed by atoms with Crippen LogP contribution in [0, 0.1) is 0 Å². The lowest BCUT2D eigenvalue weighted by molar-refractivity contribution is 0.0435. The average Bonchev–Trinajstić information content (AvgIpc) is 3.38. The zero-order valence-electron chi connectivity index (χ0n) is 18.3. The van der Waals surface area contributed by atoms with Crippen molar-refractivity contribution in [2.24, 2.45) is 0 Å². The Bertz CT molecular complexity index is 1360. The summed E-state index contributed by atoms with van der Waals surface area (Å²) in [5.74, 6) is -0.745. The molecule has 34 heavy (non-hydrogen) atoms. The molecule has 8 heteroatoms. The summed E-state index contributed by atoms with van der Waals surface area (Å²) in [6.07, 6.45) is 0. The lowest BCUT2D eigenvalue weighted by Gasteiger charge is -2.16. The van der Waals surface area contributed by atoms with Gasteiger partial charge in [-0.1, -0.05) is 30.3 Å². The SMILES string of the molecule is CCOc1ccc(CN2C(=O)c3ccccc3C2=O)cc1C(=O)OCc1nc2ccccc2o1. The molecular weight excluding hydrogens is 436 g/mol. The van der Waals surface area contributed by atoms with Gasteiger partial charge in [0.05, 0.1) is 24.3 Å². The Kier molecular flexibility index (Phi) is 5.55. The number of hydrogen-bond acceptors (Lipinski definition) is 7. The van der Waals surface area contributed by atoms with Crippen LogP contribution in [0.25, 0.3) is 11.1 Å². The number of hydrogen-bond donors (Lipinski definition) is 0. The van der Waals surface area contributed by atoms with E-state index in [0.717, 1.165) is 4.90 Å². The van der Waals surface area contributed by atoms with Gasteiger partial charge in [-0.2, -0.15) is 0 Å². The molecule has 0 saturated carbocycles. The fourth-order valence-electron chi connectivity index (χ4n) is 3.87. The van der Waals surface area contributed by atoms with Gasteiger partial charge in [0, 0.05) is 0 Å². The smallest absolute Gasteiger partial charge is 0.342 e. The number of ether oxygens (including phenoxy) is 2. The number of nitrogens with zero attached hydrogens (tertiary/aromatic N) is 2. The van der Waals surface area contributed by atoms with Crippen molar-refractivity contribution >= 4 is 28.9 Å². The van der Waals surface area contributed by atoms with Crippen LogP contribution in [-0.4, -0.2) is 34.3 Å². The number of rotatable bonds is 7. The molecule has 0 saturated heterocycles. The minimum atomic E-state index is -0.630. The lowest BCUT2D eigenvalue weighted by atomic mass is 10.1. The first-order chi connectivity index (χ1) is 16.5.